The predicted octanol–water partition coefficient (Wildman–Crippen LogP) is 6.46. The number of hydrogen-bond acceptors (Lipinski definition) is 3. The number of rotatable bonds is 3. The summed E-state index contributed by atoms with van der Waals surface area (Å²) >= 11 is 1.67. The topological polar surface area (TPSA) is 32.6 Å². The highest BCUT2D eigenvalue weighted by atomic mass is 32.2. The number of aliphatic imine (C=N–C) groups is 1. The van der Waals surface area contributed by atoms with E-state index in [0.717, 1.165) is 21.7 Å². The Kier molecular flexibility index (Phi) is 5.68. The third-order valence-electron chi connectivity index (χ3n) is 4.24. The standard InChI is InChI=1S/C22H29NOS/c1-21(2,3)16-12-15(20(24)17(13-16)22(4,5)6)14-23-18-10-8-9-11-19(18)25-7/h8-14,24H,1-7H3/b23-14+. The second kappa shape index (κ2) is 7.25. The van der Waals surface area contributed by atoms with Crippen LogP contribution in [0.2, 0.25) is 0 Å². The molecule has 0 heterocycles. The lowest BCUT2D eigenvalue weighted by molar-refractivity contribution is 0.444. The fraction of sp³-hybridized carbons (Fsp3) is 0.409. The molecule has 0 amide bonds. The maximum absolute atomic E-state index is 10.8. The van der Waals surface area contributed by atoms with E-state index in [0.29, 0.717) is 5.75 Å². The van der Waals surface area contributed by atoms with Gasteiger partial charge >= 0.3 is 0 Å². The fourth-order valence-electron chi connectivity index (χ4n) is 2.64. The van der Waals surface area contributed by atoms with Crippen LogP contribution in [0.4, 0.5) is 5.69 Å². The molecule has 25 heavy (non-hydrogen) atoms. The molecule has 2 rings (SSSR count). The van der Waals surface area contributed by atoms with E-state index in [1.165, 1.54) is 5.56 Å². The monoisotopic (exact) mass is 355 g/mol. The molecule has 3 heteroatoms. The molecular weight excluding hydrogens is 326 g/mol. The molecule has 0 radical (unpaired) electrons. The van der Waals surface area contributed by atoms with Crippen molar-refractivity contribution in [2.45, 2.75) is 57.3 Å². The Morgan fingerprint density at radius 1 is 0.960 bits per heavy atom. The van der Waals surface area contributed by atoms with Crippen molar-refractivity contribution in [3.8, 4) is 5.75 Å². The number of phenols is 1. The van der Waals surface area contributed by atoms with Gasteiger partial charge in [-0.1, -0.05) is 59.7 Å². The van der Waals surface area contributed by atoms with Gasteiger partial charge in [0, 0.05) is 22.2 Å². The lowest BCUT2D eigenvalue weighted by atomic mass is 9.79. The molecule has 0 aromatic heterocycles. The highest BCUT2D eigenvalue weighted by Gasteiger charge is 2.24. The van der Waals surface area contributed by atoms with Crippen LogP contribution in [0.3, 0.4) is 0 Å². The number of nitrogens with zero attached hydrogens (tertiary/aromatic N) is 1. The van der Waals surface area contributed by atoms with Crippen molar-refractivity contribution in [1.29, 1.82) is 0 Å². The van der Waals surface area contributed by atoms with Crippen LogP contribution in [0.1, 0.15) is 58.2 Å². The minimum absolute atomic E-state index is 0.00741. The van der Waals surface area contributed by atoms with Crippen LogP contribution in [0.5, 0.6) is 5.75 Å². The Morgan fingerprint density at radius 3 is 2.16 bits per heavy atom. The first kappa shape index (κ1) is 19.6. The summed E-state index contributed by atoms with van der Waals surface area (Å²) in [6, 6.07) is 12.2. The molecule has 0 bridgehead atoms. The molecule has 2 aromatic carbocycles. The molecule has 0 atom stereocenters. The summed E-state index contributed by atoms with van der Waals surface area (Å²) in [7, 11) is 0. The first-order valence-corrected chi connectivity index (χ1v) is 9.81. The van der Waals surface area contributed by atoms with Crippen molar-refractivity contribution in [3.63, 3.8) is 0 Å². The van der Waals surface area contributed by atoms with Gasteiger partial charge in [-0.25, -0.2) is 0 Å². The summed E-state index contributed by atoms with van der Waals surface area (Å²) in [5, 5.41) is 10.8. The van der Waals surface area contributed by atoms with Crippen LogP contribution in [-0.2, 0) is 10.8 Å². The van der Waals surface area contributed by atoms with Crippen molar-refractivity contribution < 1.29 is 5.11 Å². The summed E-state index contributed by atoms with van der Waals surface area (Å²) in [6.45, 7) is 12.9. The minimum atomic E-state index is -0.134. The molecule has 0 spiro atoms. The molecule has 0 aliphatic carbocycles. The van der Waals surface area contributed by atoms with Crippen LogP contribution < -0.4 is 0 Å². The fourth-order valence-corrected chi connectivity index (χ4v) is 3.18. The SMILES string of the molecule is CSc1ccccc1/N=C/c1cc(C(C)(C)C)cc(C(C)(C)C)c1O. The second-order valence-electron chi connectivity index (χ2n) is 8.39. The van der Waals surface area contributed by atoms with Gasteiger partial charge in [0.05, 0.1) is 5.69 Å². The molecule has 0 saturated heterocycles. The van der Waals surface area contributed by atoms with Crippen molar-refractivity contribution in [2.75, 3.05) is 6.26 Å². The van der Waals surface area contributed by atoms with Gasteiger partial charge in [0.2, 0.25) is 0 Å². The van der Waals surface area contributed by atoms with Crippen LogP contribution >= 0.6 is 11.8 Å². The summed E-state index contributed by atoms with van der Waals surface area (Å²) in [5.74, 6) is 0.325. The van der Waals surface area contributed by atoms with E-state index >= 15 is 0 Å². The molecular formula is C22H29NOS. The van der Waals surface area contributed by atoms with E-state index in [-0.39, 0.29) is 10.8 Å². The Morgan fingerprint density at radius 2 is 1.60 bits per heavy atom. The number of thioether (sulfide) groups is 1. The Labute approximate surface area is 156 Å². The molecule has 0 fully saturated rings. The Hall–Kier alpha value is -1.74. The number of aromatic hydroxyl groups is 1. The molecule has 2 nitrogen and oxygen atoms in total. The Bertz CT molecular complexity index is 780. The van der Waals surface area contributed by atoms with Gasteiger partial charge in [-0.3, -0.25) is 4.99 Å². The van der Waals surface area contributed by atoms with E-state index in [1.807, 2.05) is 24.5 Å². The van der Waals surface area contributed by atoms with Gasteiger partial charge < -0.3 is 5.11 Å². The average Bonchev–Trinajstić information content (AvgIpc) is 2.51. The van der Waals surface area contributed by atoms with E-state index in [2.05, 4.69) is 64.7 Å². The van der Waals surface area contributed by atoms with Crippen LogP contribution in [0.15, 0.2) is 46.3 Å². The van der Waals surface area contributed by atoms with Crippen molar-refractivity contribution in [3.05, 3.63) is 53.1 Å². The maximum Gasteiger partial charge on any atom is 0.128 e. The summed E-state index contributed by atoms with van der Waals surface area (Å²) in [4.78, 5) is 5.77. The predicted molar refractivity (Wildman–Crippen MR) is 111 cm³/mol. The second-order valence-corrected chi connectivity index (χ2v) is 9.24. The molecule has 0 saturated carbocycles. The van der Waals surface area contributed by atoms with Crippen LogP contribution in [0, 0.1) is 0 Å². The molecule has 134 valence electrons. The van der Waals surface area contributed by atoms with Gasteiger partial charge in [-0.05, 0) is 40.8 Å². The number of para-hydroxylation sites is 1. The zero-order chi connectivity index (χ0) is 18.8. The summed E-state index contributed by atoms with van der Waals surface area (Å²) in [5.41, 5.74) is 3.73. The van der Waals surface area contributed by atoms with Crippen molar-refractivity contribution in [2.24, 2.45) is 4.99 Å². The molecule has 2 aromatic rings. The van der Waals surface area contributed by atoms with Crippen molar-refractivity contribution in [1.82, 2.24) is 0 Å². The van der Waals surface area contributed by atoms with Gasteiger partial charge in [-0.15, -0.1) is 11.8 Å². The molecule has 0 aliphatic rings. The maximum atomic E-state index is 10.8. The Balaban J connectivity index is 2.58. The molecule has 1 N–H and O–H groups in total. The lowest BCUT2D eigenvalue weighted by Crippen LogP contribution is -2.17. The number of benzene rings is 2. The summed E-state index contributed by atoms with van der Waals surface area (Å²) in [6.07, 6.45) is 3.83. The summed E-state index contributed by atoms with van der Waals surface area (Å²) < 4.78 is 0. The van der Waals surface area contributed by atoms with Crippen LogP contribution in [0.25, 0.3) is 0 Å². The van der Waals surface area contributed by atoms with Gasteiger partial charge in [-0.2, -0.15) is 0 Å². The van der Waals surface area contributed by atoms with E-state index < -0.39 is 0 Å². The third-order valence-corrected chi connectivity index (χ3v) is 5.03. The first-order valence-electron chi connectivity index (χ1n) is 8.59. The minimum Gasteiger partial charge on any atom is -0.507 e. The lowest BCUT2D eigenvalue weighted by Gasteiger charge is -2.27. The number of hydrogen-bond donors (Lipinski definition) is 1. The smallest absolute Gasteiger partial charge is 0.128 e. The number of phenolic OH excluding ortho intramolecular Hbond substituents is 1. The normalized spacial score (nSPS) is 12.8. The molecule has 0 aliphatic heterocycles. The quantitative estimate of drug-likeness (QED) is 0.506. The van der Waals surface area contributed by atoms with E-state index in [9.17, 15) is 5.11 Å². The van der Waals surface area contributed by atoms with Crippen LogP contribution in [-0.4, -0.2) is 17.6 Å². The average molecular weight is 356 g/mol. The zero-order valence-corrected chi connectivity index (χ0v) is 17.2. The van der Waals surface area contributed by atoms with Gasteiger partial charge in [0.1, 0.15) is 5.75 Å². The van der Waals surface area contributed by atoms with E-state index in [1.54, 1.807) is 18.0 Å². The van der Waals surface area contributed by atoms with Gasteiger partial charge in [0.25, 0.3) is 0 Å². The van der Waals surface area contributed by atoms with E-state index in [4.69, 9.17) is 0 Å². The molecule has 0 unspecified atom stereocenters. The highest BCUT2D eigenvalue weighted by Crippen LogP contribution is 2.37. The first-order chi connectivity index (χ1) is 11.5. The van der Waals surface area contributed by atoms with Gasteiger partial charge in [0.15, 0.2) is 0 Å². The third kappa shape index (κ3) is 4.66. The van der Waals surface area contributed by atoms with Crippen molar-refractivity contribution >= 4 is 23.7 Å². The largest absolute Gasteiger partial charge is 0.507 e. The zero-order valence-electron chi connectivity index (χ0n) is 16.3. The highest BCUT2D eigenvalue weighted by molar-refractivity contribution is 7.98.